The van der Waals surface area contributed by atoms with Crippen molar-refractivity contribution < 1.29 is 9.47 Å². The summed E-state index contributed by atoms with van der Waals surface area (Å²) in [5.41, 5.74) is 1.04. The molecule has 6 nitrogen and oxygen atoms in total. The Balaban J connectivity index is 0.00000300. The Kier molecular flexibility index (Phi) is 9.99. The van der Waals surface area contributed by atoms with E-state index in [-0.39, 0.29) is 30.1 Å². The lowest BCUT2D eigenvalue weighted by atomic mass is 10.1. The highest BCUT2D eigenvalue weighted by Crippen LogP contribution is 2.35. The van der Waals surface area contributed by atoms with Gasteiger partial charge in [-0.25, -0.2) is 9.98 Å². The van der Waals surface area contributed by atoms with Gasteiger partial charge in [-0.15, -0.1) is 35.3 Å². The second-order valence-corrected chi connectivity index (χ2v) is 8.21. The Morgan fingerprint density at radius 2 is 2.07 bits per heavy atom. The lowest BCUT2D eigenvalue weighted by Crippen LogP contribution is -2.36. The van der Waals surface area contributed by atoms with Gasteiger partial charge in [0.15, 0.2) is 17.5 Å². The minimum Gasteiger partial charge on any atom is -0.493 e. The lowest BCUT2D eigenvalue weighted by Gasteiger charge is -2.19. The maximum absolute atomic E-state index is 6.31. The Hall–Kier alpha value is -1.55. The van der Waals surface area contributed by atoms with Crippen LogP contribution in [0, 0.1) is 6.92 Å². The summed E-state index contributed by atoms with van der Waals surface area (Å²) in [6, 6.07) is 6.00. The SMILES string of the molecule is CCNC(=NCc1cccc(OC)c1OC1CCCC1)NCc1ncc(C)s1.I. The van der Waals surface area contributed by atoms with Crippen LogP contribution in [0.1, 0.15) is 48.1 Å². The van der Waals surface area contributed by atoms with Crippen LogP contribution < -0.4 is 20.1 Å². The number of aryl methyl sites for hydroxylation is 1. The number of rotatable bonds is 8. The van der Waals surface area contributed by atoms with Crippen LogP contribution in [0.15, 0.2) is 29.4 Å². The number of nitrogens with zero attached hydrogens (tertiary/aromatic N) is 2. The molecular formula is C21H31IN4O2S. The zero-order valence-electron chi connectivity index (χ0n) is 17.4. The van der Waals surface area contributed by atoms with Crippen molar-refractivity contribution in [1.82, 2.24) is 15.6 Å². The van der Waals surface area contributed by atoms with Crippen LogP contribution in [0.4, 0.5) is 0 Å². The van der Waals surface area contributed by atoms with E-state index in [1.165, 1.54) is 17.7 Å². The molecule has 1 aromatic heterocycles. The molecule has 1 saturated carbocycles. The first-order valence-corrected chi connectivity index (χ1v) is 10.8. The molecule has 29 heavy (non-hydrogen) atoms. The fraction of sp³-hybridized carbons (Fsp3) is 0.524. The Morgan fingerprint density at radius 3 is 2.72 bits per heavy atom. The van der Waals surface area contributed by atoms with Gasteiger partial charge in [0.1, 0.15) is 5.01 Å². The molecule has 0 spiro atoms. The Labute approximate surface area is 194 Å². The van der Waals surface area contributed by atoms with Gasteiger partial charge in [-0.05, 0) is 45.6 Å². The van der Waals surface area contributed by atoms with Crippen molar-refractivity contribution in [3.8, 4) is 11.5 Å². The molecule has 8 heteroatoms. The molecule has 1 heterocycles. The number of halogens is 1. The van der Waals surface area contributed by atoms with Crippen LogP contribution in [0.25, 0.3) is 0 Å². The molecule has 0 radical (unpaired) electrons. The van der Waals surface area contributed by atoms with E-state index < -0.39 is 0 Å². The van der Waals surface area contributed by atoms with Gasteiger partial charge in [-0.1, -0.05) is 12.1 Å². The van der Waals surface area contributed by atoms with Crippen molar-refractivity contribution in [1.29, 1.82) is 0 Å². The molecule has 160 valence electrons. The van der Waals surface area contributed by atoms with Crippen LogP contribution in [-0.4, -0.2) is 30.7 Å². The molecule has 0 bridgehead atoms. The number of aliphatic imine (C=N–C) groups is 1. The highest BCUT2D eigenvalue weighted by atomic mass is 127. The summed E-state index contributed by atoms with van der Waals surface area (Å²) in [6.45, 7) is 6.10. The van der Waals surface area contributed by atoms with Gasteiger partial charge in [0, 0.05) is 23.2 Å². The molecule has 1 aliphatic carbocycles. The standard InChI is InChI=1S/C21H30N4O2S.HI/c1-4-22-21(25-14-19-23-12-15(2)28-19)24-13-16-8-7-11-18(26-3)20(16)27-17-9-5-6-10-17;/h7-8,11-12,17H,4-6,9-10,13-14H2,1-3H3,(H2,22,24,25);1H. The van der Waals surface area contributed by atoms with E-state index in [0.717, 1.165) is 47.4 Å². The number of benzene rings is 1. The number of thiazole rings is 1. The number of para-hydroxylation sites is 1. The third-order valence-electron chi connectivity index (χ3n) is 4.70. The number of hydrogen-bond acceptors (Lipinski definition) is 5. The largest absolute Gasteiger partial charge is 0.493 e. The van der Waals surface area contributed by atoms with Gasteiger partial charge in [0.2, 0.25) is 0 Å². The molecule has 1 aliphatic rings. The highest BCUT2D eigenvalue weighted by Gasteiger charge is 2.20. The van der Waals surface area contributed by atoms with Crippen molar-refractivity contribution in [3.63, 3.8) is 0 Å². The molecule has 0 amide bonds. The first-order valence-electron chi connectivity index (χ1n) is 9.95. The second-order valence-electron chi connectivity index (χ2n) is 6.89. The van der Waals surface area contributed by atoms with E-state index in [4.69, 9.17) is 14.5 Å². The zero-order valence-corrected chi connectivity index (χ0v) is 20.5. The van der Waals surface area contributed by atoms with Crippen LogP contribution in [0.3, 0.4) is 0 Å². The third-order valence-corrected chi connectivity index (χ3v) is 5.61. The molecule has 1 aromatic carbocycles. The summed E-state index contributed by atoms with van der Waals surface area (Å²) < 4.78 is 11.9. The van der Waals surface area contributed by atoms with E-state index in [2.05, 4.69) is 35.5 Å². The summed E-state index contributed by atoms with van der Waals surface area (Å²) in [5, 5.41) is 7.70. The molecule has 0 aliphatic heterocycles. The number of methoxy groups -OCH3 is 1. The zero-order chi connectivity index (χ0) is 19.8. The number of ether oxygens (including phenoxy) is 2. The first kappa shape index (κ1) is 23.7. The van der Waals surface area contributed by atoms with E-state index in [0.29, 0.717) is 13.1 Å². The summed E-state index contributed by atoms with van der Waals surface area (Å²) in [7, 11) is 1.69. The highest BCUT2D eigenvalue weighted by molar-refractivity contribution is 14.0. The minimum absolute atomic E-state index is 0. The van der Waals surface area contributed by atoms with Gasteiger partial charge in [0.25, 0.3) is 0 Å². The molecule has 0 saturated heterocycles. The van der Waals surface area contributed by atoms with Crippen molar-refractivity contribution >= 4 is 41.3 Å². The number of guanidine groups is 1. The normalized spacial score (nSPS) is 14.4. The maximum atomic E-state index is 6.31. The molecule has 3 rings (SSSR count). The Morgan fingerprint density at radius 1 is 1.28 bits per heavy atom. The average molecular weight is 530 g/mol. The summed E-state index contributed by atoms with van der Waals surface area (Å²) in [4.78, 5) is 10.4. The van der Waals surface area contributed by atoms with Crippen molar-refractivity contribution in [2.45, 2.75) is 58.7 Å². The molecule has 1 fully saturated rings. The number of hydrogen-bond donors (Lipinski definition) is 2. The van der Waals surface area contributed by atoms with Crippen LogP contribution in [-0.2, 0) is 13.1 Å². The van der Waals surface area contributed by atoms with Crippen LogP contribution in [0.2, 0.25) is 0 Å². The molecule has 2 N–H and O–H groups in total. The Bertz CT molecular complexity index is 791. The van der Waals surface area contributed by atoms with Gasteiger partial charge in [0.05, 0.1) is 26.3 Å². The van der Waals surface area contributed by atoms with E-state index >= 15 is 0 Å². The van der Waals surface area contributed by atoms with Crippen molar-refractivity contribution in [2.24, 2.45) is 4.99 Å². The fourth-order valence-corrected chi connectivity index (χ4v) is 4.03. The predicted molar refractivity (Wildman–Crippen MR) is 130 cm³/mol. The predicted octanol–water partition coefficient (Wildman–Crippen LogP) is 4.65. The number of aromatic nitrogens is 1. The third kappa shape index (κ3) is 7.02. The minimum atomic E-state index is 0. The van der Waals surface area contributed by atoms with Gasteiger partial charge >= 0.3 is 0 Å². The fourth-order valence-electron chi connectivity index (χ4n) is 3.30. The smallest absolute Gasteiger partial charge is 0.191 e. The van der Waals surface area contributed by atoms with Crippen molar-refractivity contribution in [3.05, 3.63) is 39.8 Å². The molecule has 2 aromatic rings. The van der Waals surface area contributed by atoms with E-state index in [1.54, 1.807) is 18.4 Å². The summed E-state index contributed by atoms with van der Waals surface area (Å²) >= 11 is 1.69. The first-order chi connectivity index (χ1) is 13.7. The second kappa shape index (κ2) is 12.2. The number of nitrogens with one attached hydrogen (secondary N) is 2. The molecular weight excluding hydrogens is 499 g/mol. The lowest BCUT2D eigenvalue weighted by molar-refractivity contribution is 0.198. The van der Waals surface area contributed by atoms with Gasteiger partial charge in [-0.3, -0.25) is 0 Å². The average Bonchev–Trinajstić information content (AvgIpc) is 3.36. The molecule has 0 unspecified atom stereocenters. The monoisotopic (exact) mass is 530 g/mol. The van der Waals surface area contributed by atoms with Crippen LogP contribution >= 0.6 is 35.3 Å². The maximum Gasteiger partial charge on any atom is 0.191 e. The summed E-state index contributed by atoms with van der Waals surface area (Å²) in [6.07, 6.45) is 6.86. The van der Waals surface area contributed by atoms with E-state index in [9.17, 15) is 0 Å². The van der Waals surface area contributed by atoms with Crippen LogP contribution in [0.5, 0.6) is 11.5 Å². The van der Waals surface area contributed by atoms with Crippen molar-refractivity contribution in [2.75, 3.05) is 13.7 Å². The van der Waals surface area contributed by atoms with Gasteiger partial charge in [-0.2, -0.15) is 0 Å². The quantitative estimate of drug-likeness (QED) is 0.296. The van der Waals surface area contributed by atoms with E-state index in [1.807, 2.05) is 18.3 Å². The van der Waals surface area contributed by atoms with Gasteiger partial charge < -0.3 is 20.1 Å². The topological polar surface area (TPSA) is 67.8 Å². The molecule has 0 atom stereocenters. The summed E-state index contributed by atoms with van der Waals surface area (Å²) in [5.74, 6) is 2.37.